The summed E-state index contributed by atoms with van der Waals surface area (Å²) in [5, 5.41) is 18.1. The first-order valence-corrected chi connectivity index (χ1v) is 6.30. The first kappa shape index (κ1) is 11.8. The molecule has 0 bridgehead atoms. The lowest BCUT2D eigenvalue weighted by atomic mass is 9.92. The molecule has 0 fully saturated rings. The molecule has 98 valence electrons. The van der Waals surface area contributed by atoms with Gasteiger partial charge in [0.05, 0.1) is 13.2 Å². The van der Waals surface area contributed by atoms with Gasteiger partial charge in [-0.3, -0.25) is 4.79 Å². The van der Waals surface area contributed by atoms with E-state index in [4.69, 9.17) is 14.6 Å². The first-order valence-electron chi connectivity index (χ1n) is 6.30. The molecule has 0 saturated heterocycles. The Morgan fingerprint density at radius 1 is 1.21 bits per heavy atom. The van der Waals surface area contributed by atoms with Gasteiger partial charge in [-0.15, -0.1) is 0 Å². The molecule has 2 aliphatic heterocycles. The summed E-state index contributed by atoms with van der Waals surface area (Å²) in [7, 11) is 0. The van der Waals surface area contributed by atoms with E-state index in [1.54, 1.807) is 0 Å². The van der Waals surface area contributed by atoms with E-state index >= 15 is 0 Å². The van der Waals surface area contributed by atoms with Gasteiger partial charge in [0.15, 0.2) is 0 Å². The maximum atomic E-state index is 10.8. The number of hydrogen-bond donors (Lipinski definition) is 1. The van der Waals surface area contributed by atoms with Gasteiger partial charge < -0.3 is 14.6 Å². The molecule has 1 N–H and O–H groups in total. The minimum Gasteiger partial charge on any atom is -0.493 e. The minimum atomic E-state index is -0.830. The number of ether oxygens (including phenoxy) is 2. The van der Waals surface area contributed by atoms with Gasteiger partial charge in [-0.05, 0) is 6.42 Å². The molecule has 19 heavy (non-hydrogen) atoms. The van der Waals surface area contributed by atoms with E-state index < -0.39 is 5.97 Å². The first-order chi connectivity index (χ1) is 9.22. The van der Waals surface area contributed by atoms with Crippen LogP contribution in [0.3, 0.4) is 0 Å². The van der Waals surface area contributed by atoms with E-state index in [0.29, 0.717) is 37.4 Å². The van der Waals surface area contributed by atoms with Crippen LogP contribution in [0.2, 0.25) is 0 Å². The third-order valence-corrected chi connectivity index (χ3v) is 3.61. The van der Waals surface area contributed by atoms with Crippen LogP contribution in [-0.2, 0) is 24.1 Å². The van der Waals surface area contributed by atoms with Gasteiger partial charge in [-0.25, -0.2) is 0 Å². The largest absolute Gasteiger partial charge is 0.493 e. The number of rotatable bonds is 3. The average Bonchev–Trinajstić information content (AvgIpc) is 3.02. The lowest BCUT2D eigenvalue weighted by Gasteiger charge is -2.13. The molecule has 0 amide bonds. The summed E-state index contributed by atoms with van der Waals surface area (Å²) in [6, 6.07) is 2.20. The number of benzene rings is 1. The molecular weight excluding hydrogens is 246 g/mol. The molecule has 3 rings (SSSR count). The van der Waals surface area contributed by atoms with Crippen LogP contribution in [0, 0.1) is 11.3 Å². The van der Waals surface area contributed by atoms with Crippen molar-refractivity contribution in [3.8, 4) is 17.6 Å². The fraction of sp³-hybridized carbons (Fsp3) is 0.429. The molecule has 0 unspecified atom stereocenters. The molecule has 0 radical (unpaired) electrons. The zero-order chi connectivity index (χ0) is 13.4. The van der Waals surface area contributed by atoms with E-state index in [-0.39, 0.29) is 6.42 Å². The van der Waals surface area contributed by atoms with Crippen molar-refractivity contribution in [1.82, 2.24) is 0 Å². The van der Waals surface area contributed by atoms with Crippen molar-refractivity contribution in [3.63, 3.8) is 0 Å². The Balaban J connectivity index is 2.14. The molecule has 1 aromatic rings. The molecule has 1 aromatic carbocycles. The summed E-state index contributed by atoms with van der Waals surface area (Å²) in [4.78, 5) is 10.8. The number of aliphatic carboxylic acids is 1. The Hall–Kier alpha value is -2.22. The number of hydrogen-bond acceptors (Lipinski definition) is 4. The van der Waals surface area contributed by atoms with Crippen LogP contribution in [0.5, 0.6) is 11.5 Å². The Bertz CT molecular complexity index is 565. The highest BCUT2D eigenvalue weighted by Gasteiger charge is 2.31. The summed E-state index contributed by atoms with van der Waals surface area (Å²) in [5.74, 6) is 0.540. The maximum Gasteiger partial charge on any atom is 0.303 e. The molecule has 5 heteroatoms. The van der Waals surface area contributed by atoms with Crippen molar-refractivity contribution >= 4 is 5.97 Å². The lowest BCUT2D eigenvalue weighted by Crippen LogP contribution is -2.03. The summed E-state index contributed by atoms with van der Waals surface area (Å²) >= 11 is 0. The Labute approximate surface area is 110 Å². The van der Waals surface area contributed by atoms with Crippen molar-refractivity contribution in [1.29, 1.82) is 5.26 Å². The summed E-state index contributed by atoms with van der Waals surface area (Å²) in [6.07, 6.45) is 1.90. The number of carboxylic acid groups (broad SMARTS) is 1. The number of fused-ring (bicyclic) bond motifs is 2. The monoisotopic (exact) mass is 259 g/mol. The highest BCUT2D eigenvalue weighted by atomic mass is 16.5. The summed E-state index contributed by atoms with van der Waals surface area (Å²) in [5.41, 5.74) is 3.32. The van der Waals surface area contributed by atoms with E-state index in [2.05, 4.69) is 6.07 Å². The van der Waals surface area contributed by atoms with Crippen molar-refractivity contribution in [2.24, 2.45) is 0 Å². The summed E-state index contributed by atoms with van der Waals surface area (Å²) in [6.45, 7) is 1.10. The minimum absolute atomic E-state index is 0.0636. The maximum absolute atomic E-state index is 10.8. The van der Waals surface area contributed by atoms with Crippen molar-refractivity contribution < 1.29 is 19.4 Å². The molecule has 0 aromatic heterocycles. The molecular formula is C14H13NO4. The third-order valence-electron chi connectivity index (χ3n) is 3.61. The third kappa shape index (κ3) is 1.80. The van der Waals surface area contributed by atoms with E-state index in [1.807, 2.05) is 0 Å². The molecule has 2 heterocycles. The van der Waals surface area contributed by atoms with Crippen LogP contribution in [0.1, 0.15) is 28.7 Å². The standard InChI is InChI=1S/C14H13NO4/c15-7-11-10-4-6-18-13(10)8(1-2-12(16)17)9-3-5-19-14(9)11/h1-6H2,(H,16,17). The Morgan fingerprint density at radius 3 is 2.58 bits per heavy atom. The molecule has 0 spiro atoms. The van der Waals surface area contributed by atoms with E-state index in [0.717, 1.165) is 28.9 Å². The number of carboxylic acids is 1. The zero-order valence-corrected chi connectivity index (χ0v) is 10.4. The Morgan fingerprint density at radius 2 is 1.89 bits per heavy atom. The van der Waals surface area contributed by atoms with E-state index in [9.17, 15) is 10.1 Å². The second-order valence-corrected chi connectivity index (χ2v) is 4.67. The van der Waals surface area contributed by atoms with Gasteiger partial charge in [-0.2, -0.15) is 5.26 Å². The van der Waals surface area contributed by atoms with Crippen LogP contribution in [0.25, 0.3) is 0 Å². The van der Waals surface area contributed by atoms with Crippen LogP contribution in [-0.4, -0.2) is 24.3 Å². The normalized spacial score (nSPS) is 15.1. The lowest BCUT2D eigenvalue weighted by molar-refractivity contribution is -0.136. The quantitative estimate of drug-likeness (QED) is 0.888. The number of nitrogens with zero attached hydrogens (tertiary/aromatic N) is 1. The zero-order valence-electron chi connectivity index (χ0n) is 10.4. The second-order valence-electron chi connectivity index (χ2n) is 4.67. The molecule has 0 saturated carbocycles. The molecule has 0 aliphatic carbocycles. The summed E-state index contributed by atoms with van der Waals surface area (Å²) < 4.78 is 11.2. The predicted octanol–water partition coefficient (Wildman–Crippen LogP) is 1.45. The van der Waals surface area contributed by atoms with Gasteiger partial charge in [0.25, 0.3) is 0 Å². The van der Waals surface area contributed by atoms with Crippen LogP contribution < -0.4 is 9.47 Å². The van der Waals surface area contributed by atoms with Crippen LogP contribution in [0.4, 0.5) is 0 Å². The van der Waals surface area contributed by atoms with Crippen molar-refractivity contribution in [2.45, 2.75) is 25.7 Å². The number of carbonyl (C=O) groups is 1. The second kappa shape index (κ2) is 4.47. The van der Waals surface area contributed by atoms with Gasteiger partial charge >= 0.3 is 5.97 Å². The van der Waals surface area contributed by atoms with Gasteiger partial charge in [0, 0.05) is 36.0 Å². The van der Waals surface area contributed by atoms with Gasteiger partial charge in [0.2, 0.25) is 0 Å². The Kier molecular flexibility index (Phi) is 2.79. The molecule has 0 atom stereocenters. The van der Waals surface area contributed by atoms with E-state index in [1.165, 1.54) is 0 Å². The van der Waals surface area contributed by atoms with Crippen molar-refractivity contribution in [3.05, 3.63) is 22.3 Å². The SMILES string of the molecule is N#Cc1c2c(c(CCC(=O)O)c3c1OCC3)OCC2. The predicted molar refractivity (Wildman–Crippen MR) is 65.5 cm³/mol. The highest BCUT2D eigenvalue weighted by Crippen LogP contribution is 2.44. The topological polar surface area (TPSA) is 79.6 Å². The van der Waals surface area contributed by atoms with Crippen molar-refractivity contribution in [2.75, 3.05) is 13.2 Å². The van der Waals surface area contributed by atoms with Crippen LogP contribution in [0.15, 0.2) is 0 Å². The van der Waals surface area contributed by atoms with Gasteiger partial charge in [-0.1, -0.05) is 0 Å². The number of nitriles is 1. The van der Waals surface area contributed by atoms with Crippen LogP contribution >= 0.6 is 0 Å². The fourth-order valence-corrected chi connectivity index (χ4v) is 2.82. The fourth-order valence-electron chi connectivity index (χ4n) is 2.82. The van der Waals surface area contributed by atoms with Gasteiger partial charge in [0.1, 0.15) is 23.1 Å². The molecule has 5 nitrogen and oxygen atoms in total. The smallest absolute Gasteiger partial charge is 0.303 e. The molecule has 2 aliphatic rings. The average molecular weight is 259 g/mol. The highest BCUT2D eigenvalue weighted by molar-refractivity contribution is 5.70.